The third kappa shape index (κ3) is 2.52. The van der Waals surface area contributed by atoms with Gasteiger partial charge in [-0.1, -0.05) is 29.5 Å². The summed E-state index contributed by atoms with van der Waals surface area (Å²) < 4.78 is 0. The van der Waals surface area contributed by atoms with Gasteiger partial charge in [-0.2, -0.15) is 5.21 Å². The molecule has 6 heteroatoms. The van der Waals surface area contributed by atoms with E-state index in [1.165, 1.54) is 17.5 Å². The van der Waals surface area contributed by atoms with E-state index in [1.54, 1.807) is 0 Å². The van der Waals surface area contributed by atoms with E-state index < -0.39 is 0 Å². The number of nitrogens with zero attached hydrogens (tertiary/aromatic N) is 5. The van der Waals surface area contributed by atoms with Gasteiger partial charge >= 0.3 is 0 Å². The molecule has 0 atom stereocenters. The fraction of sp³-hybridized carbons (Fsp3) is 0.231. The van der Waals surface area contributed by atoms with Gasteiger partial charge in [-0.05, 0) is 18.1 Å². The Morgan fingerprint density at radius 3 is 2.95 bits per heavy atom. The zero-order chi connectivity index (χ0) is 12.9. The van der Waals surface area contributed by atoms with E-state index in [0.29, 0.717) is 0 Å². The Labute approximate surface area is 110 Å². The summed E-state index contributed by atoms with van der Waals surface area (Å²) in [6, 6.07) is 8.56. The lowest BCUT2D eigenvalue weighted by molar-refractivity contribution is 0.449. The van der Waals surface area contributed by atoms with Crippen LogP contribution in [0.3, 0.4) is 0 Å². The molecule has 1 aromatic carbocycles. The number of H-pyrrole nitrogens is 1. The lowest BCUT2D eigenvalue weighted by Crippen LogP contribution is -2.39. The monoisotopic (exact) mass is 254 g/mol. The molecule has 0 saturated carbocycles. The first-order chi connectivity index (χ1) is 9.45. The van der Waals surface area contributed by atoms with E-state index in [-0.39, 0.29) is 0 Å². The fourth-order valence-corrected chi connectivity index (χ4v) is 2.24. The molecule has 0 fully saturated rings. The van der Waals surface area contributed by atoms with E-state index in [2.05, 4.69) is 60.9 Å². The van der Waals surface area contributed by atoms with Gasteiger partial charge in [0.05, 0.1) is 0 Å². The quantitative estimate of drug-likeness (QED) is 0.762. The van der Waals surface area contributed by atoms with Crippen LogP contribution in [0.2, 0.25) is 0 Å². The summed E-state index contributed by atoms with van der Waals surface area (Å²) in [6.45, 7) is 2.10. The van der Waals surface area contributed by atoms with Gasteiger partial charge in [0.1, 0.15) is 5.84 Å². The molecule has 2 aromatic rings. The lowest BCUT2D eigenvalue weighted by atomic mass is 9.98. The topological polar surface area (TPSA) is 70.1 Å². The van der Waals surface area contributed by atoms with Gasteiger partial charge < -0.3 is 4.90 Å². The van der Waals surface area contributed by atoms with Crippen LogP contribution in [0.1, 0.15) is 11.1 Å². The van der Waals surface area contributed by atoms with Crippen molar-refractivity contribution in [2.45, 2.75) is 6.42 Å². The highest BCUT2D eigenvalue weighted by Gasteiger charge is 2.21. The molecule has 0 unspecified atom stereocenters. The average Bonchev–Trinajstić information content (AvgIpc) is 3.07. The molecular formula is C13H14N6. The predicted octanol–water partition coefficient (Wildman–Crippen LogP) is 1.02. The minimum atomic E-state index is 1.01. The molecule has 1 N–H and O–H groups in total. The molecule has 2 aliphatic rings. The van der Waals surface area contributed by atoms with Crippen LogP contribution in [0.15, 0.2) is 47.9 Å². The van der Waals surface area contributed by atoms with Gasteiger partial charge in [0, 0.05) is 24.9 Å². The second kappa shape index (κ2) is 5.43. The van der Waals surface area contributed by atoms with Crippen molar-refractivity contribution in [3.05, 3.63) is 54.0 Å². The van der Waals surface area contributed by atoms with Crippen molar-refractivity contribution in [3.63, 3.8) is 0 Å². The summed E-state index contributed by atoms with van der Waals surface area (Å²) in [4.78, 5) is 6.79. The molecule has 0 bridgehead atoms. The van der Waals surface area contributed by atoms with Crippen molar-refractivity contribution >= 4 is 5.84 Å². The Bertz CT molecular complexity index is 570. The number of benzene rings is 1. The molecule has 0 amide bonds. The second-order valence-electron chi connectivity index (χ2n) is 4.25. The highest BCUT2D eigenvalue weighted by molar-refractivity contribution is 6.01. The van der Waals surface area contributed by atoms with Gasteiger partial charge in [-0.15, -0.1) is 10.2 Å². The molecular weight excluding hydrogens is 240 g/mol. The average molecular weight is 254 g/mol. The number of hydrogen-bond donors (Lipinski definition) is 1. The number of nitrogens with one attached hydrogen (secondary N) is 1. The highest BCUT2D eigenvalue weighted by atomic mass is 15.5. The number of rotatable bonds is 0. The molecule has 19 heavy (non-hydrogen) atoms. The molecule has 96 valence electrons. The van der Waals surface area contributed by atoms with Crippen LogP contribution in [0.5, 0.6) is 0 Å². The van der Waals surface area contributed by atoms with Gasteiger partial charge in [0.15, 0.2) is 6.33 Å². The number of aliphatic imine (C=N–C) groups is 1. The van der Waals surface area contributed by atoms with E-state index in [4.69, 9.17) is 0 Å². The number of amidine groups is 1. The number of aromatic nitrogens is 4. The fourth-order valence-electron chi connectivity index (χ4n) is 2.24. The zero-order valence-corrected chi connectivity index (χ0v) is 10.4. The summed E-state index contributed by atoms with van der Waals surface area (Å²) in [5.41, 5.74) is 2.74. The first-order valence-electron chi connectivity index (χ1n) is 6.17. The third-order valence-corrected chi connectivity index (χ3v) is 3.11. The predicted molar refractivity (Wildman–Crippen MR) is 71.6 cm³/mol. The van der Waals surface area contributed by atoms with Crippen molar-refractivity contribution in [1.29, 1.82) is 0 Å². The van der Waals surface area contributed by atoms with E-state index in [0.717, 1.165) is 25.3 Å². The first kappa shape index (κ1) is 11.6. The van der Waals surface area contributed by atoms with Crippen LogP contribution in [-0.2, 0) is 6.42 Å². The summed E-state index contributed by atoms with van der Waals surface area (Å²) in [5.74, 6) is 1.15. The second-order valence-corrected chi connectivity index (χ2v) is 4.25. The maximum absolute atomic E-state index is 4.45. The molecule has 0 saturated heterocycles. The Balaban J connectivity index is 0.000000187. The van der Waals surface area contributed by atoms with E-state index >= 15 is 0 Å². The number of fused-ring (bicyclic) bond motifs is 3. The summed E-state index contributed by atoms with van der Waals surface area (Å²) in [6.07, 6.45) is 6.49. The van der Waals surface area contributed by atoms with Crippen LogP contribution >= 0.6 is 0 Å². The molecule has 4 rings (SSSR count). The van der Waals surface area contributed by atoms with E-state index in [1.807, 2.05) is 6.20 Å². The van der Waals surface area contributed by atoms with Gasteiger partial charge in [0.2, 0.25) is 0 Å². The van der Waals surface area contributed by atoms with Crippen molar-refractivity contribution in [3.8, 4) is 0 Å². The van der Waals surface area contributed by atoms with Crippen molar-refractivity contribution < 1.29 is 0 Å². The van der Waals surface area contributed by atoms with E-state index in [9.17, 15) is 0 Å². The maximum atomic E-state index is 4.45. The van der Waals surface area contributed by atoms with Gasteiger partial charge in [0.25, 0.3) is 0 Å². The number of hydrogen-bond acceptors (Lipinski definition) is 5. The Morgan fingerprint density at radius 1 is 1.21 bits per heavy atom. The zero-order valence-electron chi connectivity index (χ0n) is 10.4. The van der Waals surface area contributed by atoms with Gasteiger partial charge in [-0.25, -0.2) is 4.99 Å². The van der Waals surface area contributed by atoms with Crippen molar-refractivity contribution in [1.82, 2.24) is 25.5 Å². The summed E-state index contributed by atoms with van der Waals surface area (Å²) in [5, 5.41) is 12.2. The smallest absolute Gasteiger partial charge is 0.161 e. The van der Waals surface area contributed by atoms with Crippen LogP contribution in [0, 0.1) is 0 Å². The van der Waals surface area contributed by atoms with Crippen LogP contribution in [0.25, 0.3) is 0 Å². The molecule has 1 aromatic heterocycles. The van der Waals surface area contributed by atoms with Crippen LogP contribution < -0.4 is 0 Å². The normalized spacial score (nSPS) is 15.8. The number of aromatic amines is 1. The minimum absolute atomic E-state index is 1.01. The molecule has 2 aliphatic heterocycles. The minimum Gasteiger partial charge on any atom is -0.352 e. The van der Waals surface area contributed by atoms with Crippen molar-refractivity contribution in [2.75, 3.05) is 13.1 Å². The SMILES string of the molecule is C1=CN=C2c3ccccc3CCN2C1.c1nn[nH]n1. The Morgan fingerprint density at radius 2 is 2.16 bits per heavy atom. The number of tetrazole rings is 1. The largest absolute Gasteiger partial charge is 0.352 e. The van der Waals surface area contributed by atoms with Crippen LogP contribution in [0.4, 0.5) is 0 Å². The Hall–Kier alpha value is -2.50. The Kier molecular flexibility index (Phi) is 3.31. The first-order valence-corrected chi connectivity index (χ1v) is 6.17. The highest BCUT2D eigenvalue weighted by Crippen LogP contribution is 2.20. The van der Waals surface area contributed by atoms with Crippen molar-refractivity contribution in [2.24, 2.45) is 4.99 Å². The summed E-state index contributed by atoms with van der Waals surface area (Å²) in [7, 11) is 0. The molecule has 0 radical (unpaired) electrons. The standard InChI is InChI=1S/C12H12N2.CH2N4/c1-2-5-11-10(4-1)6-9-14-8-3-7-13-12(11)14;1-2-4-5-3-1/h1-5,7H,6,8-9H2;1H,(H,2,3,4,5). The maximum Gasteiger partial charge on any atom is 0.161 e. The molecule has 6 nitrogen and oxygen atoms in total. The van der Waals surface area contributed by atoms with Gasteiger partial charge in [-0.3, -0.25) is 0 Å². The molecule has 3 heterocycles. The summed E-state index contributed by atoms with van der Waals surface area (Å²) >= 11 is 0. The third-order valence-electron chi connectivity index (χ3n) is 3.11. The van der Waals surface area contributed by atoms with Crippen LogP contribution in [-0.4, -0.2) is 44.4 Å². The lowest BCUT2D eigenvalue weighted by Gasteiger charge is -2.32. The molecule has 0 spiro atoms. The molecule has 0 aliphatic carbocycles.